The number of aryl methyl sites for hydroxylation is 1. The molecule has 1 heteroatoms. The van der Waals surface area contributed by atoms with Crippen LogP contribution in [0.2, 0.25) is 0 Å². The van der Waals surface area contributed by atoms with Gasteiger partial charge in [0.2, 0.25) is 0 Å². The van der Waals surface area contributed by atoms with Crippen LogP contribution in [0.15, 0.2) is 24.3 Å². The Bertz CT molecular complexity index is 358. The monoisotopic (exact) mass is 231 g/mol. The van der Waals surface area contributed by atoms with E-state index in [0.29, 0.717) is 12.1 Å². The van der Waals surface area contributed by atoms with Crippen LogP contribution in [-0.4, -0.2) is 6.04 Å². The van der Waals surface area contributed by atoms with Crippen LogP contribution >= 0.6 is 0 Å². The van der Waals surface area contributed by atoms with Gasteiger partial charge in [-0.1, -0.05) is 44.0 Å². The summed E-state index contributed by atoms with van der Waals surface area (Å²) in [4.78, 5) is 0. The molecule has 1 aromatic carbocycles. The molecule has 0 aromatic heterocycles. The Labute approximate surface area is 106 Å². The van der Waals surface area contributed by atoms with Crippen molar-refractivity contribution in [3.8, 4) is 0 Å². The van der Waals surface area contributed by atoms with Crippen LogP contribution in [0.5, 0.6) is 0 Å². The Hall–Kier alpha value is -0.820. The molecule has 0 saturated heterocycles. The first-order valence-electron chi connectivity index (χ1n) is 7.00. The summed E-state index contributed by atoms with van der Waals surface area (Å²) in [5.41, 5.74) is 2.85. The van der Waals surface area contributed by atoms with Gasteiger partial charge in [-0.3, -0.25) is 0 Å². The maximum Gasteiger partial charge on any atom is 0.0297 e. The van der Waals surface area contributed by atoms with Crippen LogP contribution in [0, 0.1) is 12.8 Å². The Kier molecular flexibility index (Phi) is 4.22. The summed E-state index contributed by atoms with van der Waals surface area (Å²) < 4.78 is 0. The molecule has 17 heavy (non-hydrogen) atoms. The van der Waals surface area contributed by atoms with Crippen LogP contribution < -0.4 is 5.32 Å². The smallest absolute Gasteiger partial charge is 0.0297 e. The molecule has 3 atom stereocenters. The molecule has 0 aliphatic heterocycles. The second-order valence-electron chi connectivity index (χ2n) is 5.61. The lowest BCUT2D eigenvalue weighted by atomic mass is 9.85. The Morgan fingerprint density at radius 2 is 1.88 bits per heavy atom. The molecule has 1 aliphatic carbocycles. The number of nitrogens with one attached hydrogen (secondary N) is 1. The summed E-state index contributed by atoms with van der Waals surface area (Å²) in [6.07, 6.45) is 5.54. The van der Waals surface area contributed by atoms with Crippen molar-refractivity contribution in [3.05, 3.63) is 35.4 Å². The lowest BCUT2D eigenvalue weighted by Gasteiger charge is -2.32. The first kappa shape index (κ1) is 12.6. The molecule has 2 unspecified atom stereocenters. The summed E-state index contributed by atoms with van der Waals surface area (Å²) >= 11 is 0. The second kappa shape index (κ2) is 5.68. The van der Waals surface area contributed by atoms with Crippen LogP contribution in [0.25, 0.3) is 0 Å². The first-order chi connectivity index (χ1) is 8.18. The summed E-state index contributed by atoms with van der Waals surface area (Å²) in [5, 5.41) is 3.83. The zero-order valence-corrected chi connectivity index (χ0v) is 11.4. The van der Waals surface area contributed by atoms with Crippen LogP contribution in [0.4, 0.5) is 0 Å². The molecule has 94 valence electrons. The molecule has 0 spiro atoms. The third-order valence-corrected chi connectivity index (χ3v) is 4.23. The molecule has 1 nitrogen and oxygen atoms in total. The van der Waals surface area contributed by atoms with Gasteiger partial charge in [0.15, 0.2) is 0 Å². The summed E-state index contributed by atoms with van der Waals surface area (Å²) in [6.45, 7) is 6.89. The quantitative estimate of drug-likeness (QED) is 0.821. The highest BCUT2D eigenvalue weighted by Crippen LogP contribution is 2.26. The number of hydrogen-bond donors (Lipinski definition) is 1. The molecule has 1 saturated carbocycles. The number of benzene rings is 1. The maximum absolute atomic E-state index is 3.83. The third-order valence-electron chi connectivity index (χ3n) is 4.23. The van der Waals surface area contributed by atoms with E-state index in [0.717, 1.165) is 5.92 Å². The number of hydrogen-bond acceptors (Lipinski definition) is 1. The highest BCUT2D eigenvalue weighted by molar-refractivity contribution is 5.28. The molecule has 0 heterocycles. The molecule has 1 fully saturated rings. The van der Waals surface area contributed by atoms with E-state index in [2.05, 4.69) is 50.4 Å². The average Bonchev–Trinajstić information content (AvgIpc) is 2.32. The van der Waals surface area contributed by atoms with Crippen molar-refractivity contribution in [2.24, 2.45) is 5.92 Å². The van der Waals surface area contributed by atoms with Gasteiger partial charge in [0.25, 0.3) is 0 Å². The molecule has 0 radical (unpaired) electrons. The molecule has 1 N–H and O–H groups in total. The predicted molar refractivity (Wildman–Crippen MR) is 74.1 cm³/mol. The minimum Gasteiger partial charge on any atom is -0.307 e. The minimum absolute atomic E-state index is 0.474. The van der Waals surface area contributed by atoms with Gasteiger partial charge >= 0.3 is 0 Å². The Morgan fingerprint density at radius 1 is 1.18 bits per heavy atom. The molecular weight excluding hydrogens is 206 g/mol. The van der Waals surface area contributed by atoms with Gasteiger partial charge in [0, 0.05) is 12.1 Å². The number of rotatable bonds is 3. The van der Waals surface area contributed by atoms with E-state index in [1.807, 2.05) is 0 Å². The SMILES string of the molecule is Cc1ccccc1[C@@H](C)NC1CCCCC1C. The van der Waals surface area contributed by atoms with E-state index in [4.69, 9.17) is 0 Å². The largest absolute Gasteiger partial charge is 0.307 e. The van der Waals surface area contributed by atoms with E-state index < -0.39 is 0 Å². The zero-order valence-electron chi connectivity index (χ0n) is 11.4. The highest BCUT2D eigenvalue weighted by Gasteiger charge is 2.23. The van der Waals surface area contributed by atoms with Gasteiger partial charge in [-0.15, -0.1) is 0 Å². The van der Waals surface area contributed by atoms with Crippen molar-refractivity contribution in [1.82, 2.24) is 5.32 Å². The summed E-state index contributed by atoms with van der Waals surface area (Å²) in [7, 11) is 0. The third kappa shape index (κ3) is 3.10. The van der Waals surface area contributed by atoms with E-state index in [1.165, 1.54) is 36.8 Å². The van der Waals surface area contributed by atoms with Gasteiger partial charge in [-0.05, 0) is 43.7 Å². The van der Waals surface area contributed by atoms with Gasteiger partial charge in [0.1, 0.15) is 0 Å². The maximum atomic E-state index is 3.83. The van der Waals surface area contributed by atoms with Gasteiger partial charge in [-0.2, -0.15) is 0 Å². The van der Waals surface area contributed by atoms with Crippen molar-refractivity contribution in [3.63, 3.8) is 0 Å². The molecular formula is C16H25N. The Balaban J connectivity index is 2.01. The molecule has 2 rings (SSSR count). The van der Waals surface area contributed by atoms with E-state index >= 15 is 0 Å². The van der Waals surface area contributed by atoms with E-state index in [1.54, 1.807) is 0 Å². The standard InChI is InChI=1S/C16H25N/c1-12-8-4-6-10-15(12)14(3)17-16-11-7-5-9-13(16)2/h4,6,8,10,13-14,16-17H,5,7,9,11H2,1-3H3/t13?,14-,16?/m1/s1. The zero-order chi connectivity index (χ0) is 12.3. The molecule has 1 aliphatic rings. The van der Waals surface area contributed by atoms with Gasteiger partial charge in [0.05, 0.1) is 0 Å². The topological polar surface area (TPSA) is 12.0 Å². The summed E-state index contributed by atoms with van der Waals surface area (Å²) in [5.74, 6) is 0.829. The summed E-state index contributed by atoms with van der Waals surface area (Å²) in [6, 6.07) is 9.90. The fourth-order valence-electron chi connectivity index (χ4n) is 3.05. The lowest BCUT2D eigenvalue weighted by Crippen LogP contribution is -2.38. The van der Waals surface area contributed by atoms with E-state index in [9.17, 15) is 0 Å². The van der Waals surface area contributed by atoms with Crippen molar-refractivity contribution in [2.45, 2.75) is 58.5 Å². The fraction of sp³-hybridized carbons (Fsp3) is 0.625. The normalized spacial score (nSPS) is 26.8. The van der Waals surface area contributed by atoms with Crippen molar-refractivity contribution < 1.29 is 0 Å². The van der Waals surface area contributed by atoms with Crippen molar-refractivity contribution in [2.75, 3.05) is 0 Å². The van der Waals surface area contributed by atoms with Crippen LogP contribution in [0.3, 0.4) is 0 Å². The highest BCUT2D eigenvalue weighted by atomic mass is 15.0. The molecule has 1 aromatic rings. The second-order valence-corrected chi connectivity index (χ2v) is 5.61. The van der Waals surface area contributed by atoms with Gasteiger partial charge < -0.3 is 5.32 Å². The fourth-order valence-corrected chi connectivity index (χ4v) is 3.05. The average molecular weight is 231 g/mol. The Morgan fingerprint density at radius 3 is 2.59 bits per heavy atom. The first-order valence-corrected chi connectivity index (χ1v) is 7.00. The lowest BCUT2D eigenvalue weighted by molar-refractivity contribution is 0.263. The van der Waals surface area contributed by atoms with Gasteiger partial charge in [-0.25, -0.2) is 0 Å². The van der Waals surface area contributed by atoms with Crippen LogP contribution in [0.1, 0.15) is 56.7 Å². The van der Waals surface area contributed by atoms with Crippen molar-refractivity contribution >= 4 is 0 Å². The minimum atomic E-state index is 0.474. The predicted octanol–water partition coefficient (Wildman–Crippen LogP) is 4.22. The van der Waals surface area contributed by atoms with E-state index in [-0.39, 0.29) is 0 Å². The molecule has 0 amide bonds. The van der Waals surface area contributed by atoms with Crippen LogP contribution in [-0.2, 0) is 0 Å². The van der Waals surface area contributed by atoms with Crippen molar-refractivity contribution in [1.29, 1.82) is 0 Å². The molecule has 0 bridgehead atoms.